The average Bonchev–Trinajstić information content (AvgIpc) is 3.24. The summed E-state index contributed by atoms with van der Waals surface area (Å²) in [5.41, 5.74) is 8.01. The van der Waals surface area contributed by atoms with E-state index in [0.717, 1.165) is 17.0 Å². The summed E-state index contributed by atoms with van der Waals surface area (Å²) >= 11 is 1.35. The van der Waals surface area contributed by atoms with E-state index < -0.39 is 29.2 Å². The number of aryl methyl sites for hydroxylation is 1. The van der Waals surface area contributed by atoms with E-state index in [9.17, 15) is 17.4 Å². The van der Waals surface area contributed by atoms with Gasteiger partial charge in [-0.2, -0.15) is 14.0 Å². The van der Waals surface area contributed by atoms with Crippen molar-refractivity contribution >= 4 is 38.8 Å². The number of rotatable bonds is 12. The molecular formula is C24H24F3N5O2S2. The summed E-state index contributed by atoms with van der Waals surface area (Å²) in [5, 5.41) is 9.67. The maximum atomic E-state index is 14.4. The van der Waals surface area contributed by atoms with Gasteiger partial charge < -0.3 is 20.1 Å². The van der Waals surface area contributed by atoms with Gasteiger partial charge >= 0.3 is 6.61 Å². The molecule has 7 nitrogen and oxygen atoms in total. The molecule has 0 fully saturated rings. The van der Waals surface area contributed by atoms with E-state index in [4.69, 9.17) is 11.0 Å². The first kappa shape index (κ1) is 27.2. The summed E-state index contributed by atoms with van der Waals surface area (Å²) in [6, 6.07) is 12.6. The van der Waals surface area contributed by atoms with Crippen molar-refractivity contribution in [3.63, 3.8) is 0 Å². The molecule has 12 heteroatoms. The van der Waals surface area contributed by atoms with Gasteiger partial charge in [-0.3, -0.25) is 0 Å². The molecule has 36 heavy (non-hydrogen) atoms. The predicted octanol–water partition coefficient (Wildman–Crippen LogP) is 4.97. The highest BCUT2D eigenvalue weighted by atomic mass is 32.2. The van der Waals surface area contributed by atoms with Gasteiger partial charge in [0.1, 0.15) is 16.7 Å². The first-order valence-corrected chi connectivity index (χ1v) is 12.9. The smallest absolute Gasteiger partial charge is 0.387 e. The van der Waals surface area contributed by atoms with E-state index in [1.54, 1.807) is 29.2 Å². The molecule has 2 aromatic carbocycles. The number of benzene rings is 2. The van der Waals surface area contributed by atoms with E-state index in [-0.39, 0.29) is 6.54 Å². The molecular weight excluding hydrogens is 511 g/mol. The number of ether oxygens (including phenoxy) is 1. The molecule has 0 amide bonds. The van der Waals surface area contributed by atoms with Crippen LogP contribution >= 0.6 is 11.3 Å². The van der Waals surface area contributed by atoms with E-state index in [0.29, 0.717) is 52.1 Å². The first-order chi connectivity index (χ1) is 17.2. The van der Waals surface area contributed by atoms with Crippen LogP contribution in [0.2, 0.25) is 0 Å². The molecule has 1 atom stereocenters. The zero-order valence-corrected chi connectivity index (χ0v) is 21.0. The Morgan fingerprint density at radius 1 is 1.33 bits per heavy atom. The number of aromatic nitrogens is 1. The first-order valence-electron chi connectivity index (χ1n) is 10.7. The number of hydrogen-bond acceptors (Lipinski definition) is 7. The van der Waals surface area contributed by atoms with Crippen LogP contribution in [0.4, 0.5) is 24.0 Å². The van der Waals surface area contributed by atoms with Crippen molar-refractivity contribution in [1.82, 2.24) is 9.71 Å². The average molecular weight is 536 g/mol. The van der Waals surface area contributed by atoms with Crippen LogP contribution in [0, 0.1) is 24.1 Å². The molecule has 0 saturated heterocycles. The maximum Gasteiger partial charge on any atom is 0.387 e. The molecule has 0 spiro atoms. The minimum absolute atomic E-state index is 0.145. The summed E-state index contributed by atoms with van der Waals surface area (Å²) in [7, 11) is -1.36. The molecule has 1 aromatic heterocycles. The fraction of sp³-hybridized carbons (Fsp3) is 0.250. The van der Waals surface area contributed by atoms with Gasteiger partial charge in [0.25, 0.3) is 0 Å². The quantitative estimate of drug-likeness (QED) is 0.339. The topological polar surface area (TPSA) is 104 Å². The molecule has 0 radical (unpaired) electrons. The van der Waals surface area contributed by atoms with Crippen molar-refractivity contribution in [2.45, 2.75) is 26.5 Å². The number of anilines is 2. The Morgan fingerprint density at radius 2 is 2.06 bits per heavy atom. The van der Waals surface area contributed by atoms with Crippen LogP contribution in [0.25, 0.3) is 5.70 Å². The van der Waals surface area contributed by atoms with Crippen LogP contribution in [0.5, 0.6) is 5.75 Å². The number of nitrogens with zero attached hydrogens (tertiary/aromatic N) is 3. The Labute approximate surface area is 213 Å². The van der Waals surface area contributed by atoms with Gasteiger partial charge in [-0.25, -0.2) is 13.6 Å². The number of nitriles is 1. The standard InChI is InChI=1S/C24H24F3N5O2S2/c1-15(31-36(33)11-3-10-28)22-16(2)35-24(30-22)32(19-7-4-17(13-29)5-8-19)14-18-6-9-21(20(25)12-18)34-23(26)27/h4-9,12,23,31H,1,3,10-11,14,28H2,2H3. The van der Waals surface area contributed by atoms with Crippen molar-refractivity contribution in [2.75, 3.05) is 17.2 Å². The zero-order valence-electron chi connectivity index (χ0n) is 19.3. The highest BCUT2D eigenvalue weighted by Crippen LogP contribution is 2.35. The number of nitrogens with one attached hydrogen (secondary N) is 1. The van der Waals surface area contributed by atoms with Crippen LogP contribution in [-0.2, 0) is 17.5 Å². The third-order valence-electron chi connectivity index (χ3n) is 4.93. The molecule has 0 aliphatic heterocycles. The predicted molar refractivity (Wildman–Crippen MR) is 136 cm³/mol. The van der Waals surface area contributed by atoms with Crippen molar-refractivity contribution < 1.29 is 22.1 Å². The lowest BCUT2D eigenvalue weighted by Gasteiger charge is -2.22. The molecule has 0 aliphatic rings. The fourth-order valence-electron chi connectivity index (χ4n) is 3.23. The van der Waals surface area contributed by atoms with Gasteiger partial charge in [-0.05, 0) is 61.9 Å². The molecule has 3 aromatic rings. The lowest BCUT2D eigenvalue weighted by Crippen LogP contribution is -2.20. The molecule has 0 aliphatic carbocycles. The number of alkyl halides is 2. The van der Waals surface area contributed by atoms with Crippen LogP contribution in [0.3, 0.4) is 0 Å². The second kappa shape index (κ2) is 12.5. The second-order valence-corrected chi connectivity index (χ2v) is 10.0. The van der Waals surface area contributed by atoms with Crippen molar-refractivity contribution in [3.8, 4) is 11.8 Å². The Kier molecular flexibility index (Phi) is 9.46. The van der Waals surface area contributed by atoms with Gasteiger partial charge in [-0.1, -0.05) is 12.6 Å². The molecule has 3 rings (SSSR count). The summed E-state index contributed by atoms with van der Waals surface area (Å²) in [5.74, 6) is -1.09. The third kappa shape index (κ3) is 7.07. The highest BCUT2D eigenvalue weighted by Gasteiger charge is 2.20. The number of thiazole rings is 1. The Morgan fingerprint density at radius 3 is 2.67 bits per heavy atom. The van der Waals surface area contributed by atoms with Crippen LogP contribution < -0.4 is 20.1 Å². The summed E-state index contributed by atoms with van der Waals surface area (Å²) in [6.45, 7) is 3.24. The minimum atomic E-state index is -3.14. The summed E-state index contributed by atoms with van der Waals surface area (Å²) < 4.78 is 58.6. The fourth-order valence-corrected chi connectivity index (χ4v) is 5.09. The number of hydrogen-bond donors (Lipinski definition) is 2. The van der Waals surface area contributed by atoms with Gasteiger partial charge in [0, 0.05) is 16.3 Å². The Bertz CT molecular complexity index is 1280. The van der Waals surface area contributed by atoms with E-state index in [1.165, 1.54) is 17.4 Å². The molecule has 3 N–H and O–H groups in total. The summed E-state index contributed by atoms with van der Waals surface area (Å²) in [6.07, 6.45) is 0.596. The second-order valence-electron chi connectivity index (χ2n) is 7.56. The normalized spacial score (nSPS) is 11.7. The van der Waals surface area contributed by atoms with E-state index >= 15 is 0 Å². The molecule has 0 saturated carbocycles. The van der Waals surface area contributed by atoms with Crippen molar-refractivity contribution in [3.05, 3.63) is 76.6 Å². The Hall–Kier alpha value is -3.40. The minimum Gasteiger partial charge on any atom is -0.432 e. The van der Waals surface area contributed by atoms with Crippen molar-refractivity contribution in [1.29, 1.82) is 5.26 Å². The van der Waals surface area contributed by atoms with Gasteiger partial charge in [-0.15, -0.1) is 11.3 Å². The summed E-state index contributed by atoms with van der Waals surface area (Å²) in [4.78, 5) is 7.28. The number of halogens is 3. The van der Waals surface area contributed by atoms with Gasteiger partial charge in [0.15, 0.2) is 16.7 Å². The largest absolute Gasteiger partial charge is 0.432 e. The highest BCUT2D eigenvalue weighted by molar-refractivity contribution is 7.83. The lowest BCUT2D eigenvalue weighted by molar-refractivity contribution is -0.0522. The Balaban J connectivity index is 1.93. The van der Waals surface area contributed by atoms with Crippen LogP contribution in [0.1, 0.15) is 28.1 Å². The van der Waals surface area contributed by atoms with Crippen molar-refractivity contribution in [2.24, 2.45) is 5.73 Å². The van der Waals surface area contributed by atoms with Gasteiger partial charge in [0.05, 0.1) is 23.9 Å². The molecule has 0 bridgehead atoms. The molecule has 1 heterocycles. The number of nitrogens with two attached hydrogens (primary N) is 1. The zero-order chi connectivity index (χ0) is 26.2. The SMILES string of the molecule is C=C(NS(=O)CCCN)c1nc(N(Cc2ccc(OC(F)F)c(F)c2)c2ccc(C#N)cc2)sc1C. The van der Waals surface area contributed by atoms with Crippen LogP contribution in [-0.4, -0.2) is 28.1 Å². The van der Waals surface area contributed by atoms with Gasteiger partial charge in [0.2, 0.25) is 0 Å². The van der Waals surface area contributed by atoms with E-state index in [1.807, 2.05) is 6.92 Å². The lowest BCUT2D eigenvalue weighted by atomic mass is 10.1. The third-order valence-corrected chi connectivity index (χ3v) is 7.06. The van der Waals surface area contributed by atoms with E-state index in [2.05, 4.69) is 27.1 Å². The molecule has 190 valence electrons. The molecule has 1 unspecified atom stereocenters. The van der Waals surface area contributed by atoms with Crippen LogP contribution in [0.15, 0.2) is 49.0 Å². The monoisotopic (exact) mass is 535 g/mol. The maximum absolute atomic E-state index is 14.4.